The summed E-state index contributed by atoms with van der Waals surface area (Å²) >= 11 is 0. The molecule has 0 fully saturated rings. The number of methoxy groups -OCH3 is 2. The number of carbonyl (C=O) groups is 1. The van der Waals surface area contributed by atoms with E-state index in [0.717, 1.165) is 0 Å². The van der Waals surface area contributed by atoms with E-state index in [-0.39, 0.29) is 17.4 Å². The van der Waals surface area contributed by atoms with Gasteiger partial charge in [0.25, 0.3) is 0 Å². The van der Waals surface area contributed by atoms with Crippen LogP contribution in [0.25, 0.3) is 0 Å². The number of hydrogen-bond acceptors (Lipinski definition) is 4. The molecule has 16 heavy (non-hydrogen) atoms. The number of nitrogens with one attached hydrogen (secondary N) is 1. The fourth-order valence-corrected chi connectivity index (χ4v) is 1.04. The van der Waals surface area contributed by atoms with Crippen molar-refractivity contribution in [2.75, 3.05) is 20.8 Å². The molecule has 0 saturated heterocycles. The van der Waals surface area contributed by atoms with Gasteiger partial charge in [-0.2, -0.15) is 0 Å². The second-order valence-corrected chi connectivity index (χ2v) is 4.88. The molecule has 0 aromatic heterocycles. The normalized spacial score (nSPS) is 13.9. The summed E-state index contributed by atoms with van der Waals surface area (Å²) in [6.45, 7) is 6.37. The molecule has 5 nitrogen and oxygen atoms in total. The molecule has 0 aliphatic carbocycles. The lowest BCUT2D eigenvalue weighted by molar-refractivity contribution is -0.128. The molecule has 96 valence electrons. The van der Waals surface area contributed by atoms with E-state index in [9.17, 15) is 4.79 Å². The van der Waals surface area contributed by atoms with E-state index in [1.54, 1.807) is 0 Å². The van der Waals surface area contributed by atoms with Crippen LogP contribution >= 0.6 is 0 Å². The van der Waals surface area contributed by atoms with Gasteiger partial charge in [-0.25, -0.2) is 0 Å². The summed E-state index contributed by atoms with van der Waals surface area (Å²) < 4.78 is 9.91. The molecule has 0 rings (SSSR count). The predicted molar refractivity (Wildman–Crippen MR) is 62.9 cm³/mol. The number of carbonyl (C=O) groups excluding carboxylic acids is 1. The molecule has 0 aliphatic rings. The number of ether oxygens (including phenoxy) is 2. The topological polar surface area (TPSA) is 73.6 Å². The summed E-state index contributed by atoms with van der Waals surface area (Å²) in [5.41, 5.74) is 5.83. The van der Waals surface area contributed by atoms with E-state index in [2.05, 4.69) is 5.32 Å². The molecule has 1 amide bonds. The monoisotopic (exact) mass is 232 g/mol. The van der Waals surface area contributed by atoms with Gasteiger partial charge in [-0.05, 0) is 5.41 Å². The molecule has 0 aromatic rings. The second kappa shape index (κ2) is 6.83. The SMILES string of the molecule is COC(CNC(=O)CC(N)C(C)(C)C)OC. The summed E-state index contributed by atoms with van der Waals surface area (Å²) in [6, 6.07) is -0.156. The third kappa shape index (κ3) is 6.05. The highest BCUT2D eigenvalue weighted by Gasteiger charge is 2.23. The summed E-state index contributed by atoms with van der Waals surface area (Å²) in [7, 11) is 3.06. The molecule has 3 N–H and O–H groups in total. The Bertz CT molecular complexity index is 210. The van der Waals surface area contributed by atoms with E-state index in [4.69, 9.17) is 15.2 Å². The summed E-state index contributed by atoms with van der Waals surface area (Å²) in [6.07, 6.45) is -0.0984. The van der Waals surface area contributed by atoms with Gasteiger partial charge in [0.05, 0.1) is 6.54 Å². The van der Waals surface area contributed by atoms with Crippen molar-refractivity contribution in [2.24, 2.45) is 11.1 Å². The van der Waals surface area contributed by atoms with Gasteiger partial charge in [0.1, 0.15) is 0 Å². The van der Waals surface area contributed by atoms with Crippen molar-refractivity contribution in [3.63, 3.8) is 0 Å². The average molecular weight is 232 g/mol. The van der Waals surface area contributed by atoms with Crippen LogP contribution in [0.1, 0.15) is 27.2 Å². The van der Waals surface area contributed by atoms with Gasteiger partial charge in [-0.3, -0.25) is 4.79 Å². The van der Waals surface area contributed by atoms with Crippen LogP contribution in [0.4, 0.5) is 0 Å². The van der Waals surface area contributed by atoms with Crippen LogP contribution in [-0.2, 0) is 14.3 Å². The van der Waals surface area contributed by atoms with Crippen LogP contribution in [0.3, 0.4) is 0 Å². The molecular formula is C11H24N2O3. The Kier molecular flexibility index (Phi) is 6.55. The Morgan fingerprint density at radius 2 is 1.81 bits per heavy atom. The van der Waals surface area contributed by atoms with Crippen molar-refractivity contribution in [1.29, 1.82) is 0 Å². The molecule has 0 radical (unpaired) electrons. The molecule has 0 spiro atoms. The quantitative estimate of drug-likeness (QED) is 0.653. The second-order valence-electron chi connectivity index (χ2n) is 4.88. The minimum Gasteiger partial charge on any atom is -0.354 e. The van der Waals surface area contributed by atoms with Crippen molar-refractivity contribution < 1.29 is 14.3 Å². The summed E-state index contributed by atoms with van der Waals surface area (Å²) in [4.78, 5) is 11.5. The molecule has 0 saturated carbocycles. The number of nitrogens with two attached hydrogens (primary N) is 1. The van der Waals surface area contributed by atoms with E-state index in [1.165, 1.54) is 14.2 Å². The Morgan fingerprint density at radius 1 is 1.31 bits per heavy atom. The predicted octanol–water partition coefficient (Wildman–Crippen LogP) is 0.485. The fraction of sp³-hybridized carbons (Fsp3) is 0.909. The highest BCUT2D eigenvalue weighted by Crippen LogP contribution is 2.19. The Labute approximate surface area is 97.7 Å². The summed E-state index contributed by atoms with van der Waals surface area (Å²) in [5, 5.41) is 2.72. The fourth-order valence-electron chi connectivity index (χ4n) is 1.04. The molecule has 1 unspecified atom stereocenters. The first-order chi connectivity index (χ1) is 7.31. The van der Waals surface area contributed by atoms with E-state index < -0.39 is 6.29 Å². The lowest BCUT2D eigenvalue weighted by Crippen LogP contribution is -2.42. The largest absolute Gasteiger partial charge is 0.354 e. The van der Waals surface area contributed by atoms with E-state index in [0.29, 0.717) is 13.0 Å². The van der Waals surface area contributed by atoms with Crippen LogP contribution in [-0.4, -0.2) is 39.0 Å². The van der Waals surface area contributed by atoms with Crippen LogP contribution in [0, 0.1) is 5.41 Å². The van der Waals surface area contributed by atoms with Gasteiger partial charge in [0.15, 0.2) is 6.29 Å². The molecule has 1 atom stereocenters. The van der Waals surface area contributed by atoms with Crippen LogP contribution < -0.4 is 11.1 Å². The standard InChI is InChI=1S/C11H24N2O3/c1-11(2,3)8(12)6-9(14)13-7-10(15-4)16-5/h8,10H,6-7,12H2,1-5H3,(H,13,14). The van der Waals surface area contributed by atoms with Crippen LogP contribution in [0.2, 0.25) is 0 Å². The van der Waals surface area contributed by atoms with Crippen molar-refractivity contribution in [3.8, 4) is 0 Å². The Morgan fingerprint density at radius 3 is 2.19 bits per heavy atom. The minimum absolute atomic E-state index is 0.0702. The van der Waals surface area contributed by atoms with Gasteiger partial charge in [-0.1, -0.05) is 20.8 Å². The lowest BCUT2D eigenvalue weighted by atomic mass is 9.85. The molecular weight excluding hydrogens is 208 g/mol. The van der Waals surface area contributed by atoms with Crippen molar-refractivity contribution in [2.45, 2.75) is 39.5 Å². The van der Waals surface area contributed by atoms with E-state index in [1.807, 2.05) is 20.8 Å². The van der Waals surface area contributed by atoms with Gasteiger partial charge in [0, 0.05) is 26.7 Å². The molecule has 5 heteroatoms. The number of hydrogen-bond donors (Lipinski definition) is 2. The first kappa shape index (κ1) is 15.3. The lowest BCUT2D eigenvalue weighted by Gasteiger charge is -2.26. The van der Waals surface area contributed by atoms with Crippen molar-refractivity contribution in [3.05, 3.63) is 0 Å². The minimum atomic E-state index is -0.408. The highest BCUT2D eigenvalue weighted by molar-refractivity contribution is 5.76. The van der Waals surface area contributed by atoms with Gasteiger partial charge < -0.3 is 20.5 Å². The zero-order valence-electron chi connectivity index (χ0n) is 10.9. The first-order valence-electron chi connectivity index (χ1n) is 5.39. The Hall–Kier alpha value is -0.650. The molecule has 0 aliphatic heterocycles. The molecule has 0 aromatic carbocycles. The zero-order valence-corrected chi connectivity index (χ0v) is 10.9. The number of amides is 1. The van der Waals surface area contributed by atoms with Crippen molar-refractivity contribution in [1.82, 2.24) is 5.32 Å². The number of rotatable bonds is 6. The maximum Gasteiger partial charge on any atom is 0.221 e. The average Bonchev–Trinajstić information content (AvgIpc) is 2.17. The maximum atomic E-state index is 11.5. The summed E-state index contributed by atoms with van der Waals surface area (Å²) in [5.74, 6) is -0.0819. The van der Waals surface area contributed by atoms with E-state index >= 15 is 0 Å². The Balaban J connectivity index is 3.91. The molecule has 0 bridgehead atoms. The van der Waals surface area contributed by atoms with Crippen LogP contribution in [0.15, 0.2) is 0 Å². The van der Waals surface area contributed by atoms with Gasteiger partial charge in [-0.15, -0.1) is 0 Å². The third-order valence-electron chi connectivity index (χ3n) is 2.51. The maximum absolute atomic E-state index is 11.5. The highest BCUT2D eigenvalue weighted by atomic mass is 16.7. The van der Waals surface area contributed by atoms with Crippen LogP contribution in [0.5, 0.6) is 0 Å². The first-order valence-corrected chi connectivity index (χ1v) is 5.39. The van der Waals surface area contributed by atoms with Crippen molar-refractivity contribution >= 4 is 5.91 Å². The van der Waals surface area contributed by atoms with Gasteiger partial charge in [0.2, 0.25) is 5.91 Å². The molecule has 0 heterocycles. The zero-order chi connectivity index (χ0) is 12.8. The smallest absolute Gasteiger partial charge is 0.221 e. The third-order valence-corrected chi connectivity index (χ3v) is 2.51. The van der Waals surface area contributed by atoms with Gasteiger partial charge >= 0.3 is 0 Å².